The summed E-state index contributed by atoms with van der Waals surface area (Å²) < 4.78 is 11.0. The van der Waals surface area contributed by atoms with Gasteiger partial charge in [0.25, 0.3) is 5.91 Å². The van der Waals surface area contributed by atoms with Gasteiger partial charge in [0.2, 0.25) is 0 Å². The highest BCUT2D eigenvalue weighted by molar-refractivity contribution is 6.31. The molecule has 0 heterocycles. The number of aldehydes is 1. The normalized spacial score (nSPS) is 11.5. The van der Waals surface area contributed by atoms with Crippen molar-refractivity contribution in [3.8, 4) is 11.5 Å². The average molecular weight is 362 g/mol. The maximum absolute atomic E-state index is 12.1. The lowest BCUT2D eigenvalue weighted by atomic mass is 10.1. The van der Waals surface area contributed by atoms with Gasteiger partial charge in [0.05, 0.1) is 12.6 Å². The molecular formula is C19H20ClNO4. The number of rotatable bonds is 8. The van der Waals surface area contributed by atoms with E-state index < -0.39 is 0 Å². The van der Waals surface area contributed by atoms with Crippen molar-refractivity contribution >= 4 is 23.8 Å². The van der Waals surface area contributed by atoms with Crippen molar-refractivity contribution in [1.29, 1.82) is 0 Å². The molecule has 2 rings (SSSR count). The topological polar surface area (TPSA) is 64.6 Å². The summed E-state index contributed by atoms with van der Waals surface area (Å²) >= 11 is 6.13. The number of hydrogen-bond acceptors (Lipinski definition) is 4. The number of nitrogens with one attached hydrogen (secondary N) is 1. The van der Waals surface area contributed by atoms with E-state index in [-0.39, 0.29) is 18.6 Å². The molecule has 0 unspecified atom stereocenters. The van der Waals surface area contributed by atoms with Crippen LogP contribution < -0.4 is 14.8 Å². The molecule has 0 aliphatic heterocycles. The predicted molar refractivity (Wildman–Crippen MR) is 96.5 cm³/mol. The third kappa shape index (κ3) is 5.22. The van der Waals surface area contributed by atoms with Gasteiger partial charge in [-0.2, -0.15) is 0 Å². The Morgan fingerprint density at radius 1 is 1.20 bits per heavy atom. The molecule has 0 fully saturated rings. The summed E-state index contributed by atoms with van der Waals surface area (Å²) in [7, 11) is 0. The van der Waals surface area contributed by atoms with Crippen LogP contribution in [0.3, 0.4) is 0 Å². The fourth-order valence-corrected chi connectivity index (χ4v) is 2.62. The molecule has 0 spiro atoms. The van der Waals surface area contributed by atoms with Crippen LogP contribution in [0.15, 0.2) is 42.5 Å². The fourth-order valence-electron chi connectivity index (χ4n) is 2.32. The maximum atomic E-state index is 12.1. The minimum atomic E-state index is -0.283. The second-order valence-electron chi connectivity index (χ2n) is 5.36. The molecule has 5 nitrogen and oxygen atoms in total. The standard InChI is InChI=1S/C19H20ClNO4/c1-3-24-18-10-14(11-22)8-9-17(18)25-12-19(23)21-13(2)15-6-4-5-7-16(15)20/h4-11,13H,3,12H2,1-2H3,(H,21,23)/t13-/m1/s1. The minimum Gasteiger partial charge on any atom is -0.490 e. The second-order valence-corrected chi connectivity index (χ2v) is 5.76. The van der Waals surface area contributed by atoms with E-state index in [1.54, 1.807) is 24.3 Å². The van der Waals surface area contributed by atoms with E-state index in [1.807, 2.05) is 32.0 Å². The van der Waals surface area contributed by atoms with Crippen LogP contribution in [-0.2, 0) is 4.79 Å². The molecule has 132 valence electrons. The zero-order valence-corrected chi connectivity index (χ0v) is 14.9. The molecule has 6 heteroatoms. The number of benzene rings is 2. The van der Waals surface area contributed by atoms with Crippen LogP contribution in [-0.4, -0.2) is 25.4 Å². The average Bonchev–Trinajstić information content (AvgIpc) is 2.61. The molecule has 0 aromatic heterocycles. The molecule has 0 radical (unpaired) electrons. The summed E-state index contributed by atoms with van der Waals surface area (Å²) in [6, 6.07) is 11.9. The summed E-state index contributed by atoms with van der Waals surface area (Å²) in [5.41, 5.74) is 1.32. The third-order valence-electron chi connectivity index (χ3n) is 3.51. The predicted octanol–water partition coefficient (Wildman–Crippen LogP) is 3.81. The van der Waals surface area contributed by atoms with E-state index in [2.05, 4.69) is 5.32 Å². The van der Waals surface area contributed by atoms with Crippen LogP contribution >= 0.6 is 11.6 Å². The highest BCUT2D eigenvalue weighted by atomic mass is 35.5. The first kappa shape index (κ1) is 18.8. The maximum Gasteiger partial charge on any atom is 0.258 e. The van der Waals surface area contributed by atoms with Gasteiger partial charge in [-0.3, -0.25) is 9.59 Å². The Morgan fingerprint density at radius 2 is 1.96 bits per heavy atom. The second kappa shape index (κ2) is 9.08. The van der Waals surface area contributed by atoms with Crippen molar-refractivity contribution in [2.24, 2.45) is 0 Å². The lowest BCUT2D eigenvalue weighted by molar-refractivity contribution is -0.123. The van der Waals surface area contributed by atoms with Gasteiger partial charge in [0.1, 0.15) is 6.29 Å². The first-order chi connectivity index (χ1) is 12.0. The zero-order valence-electron chi connectivity index (χ0n) is 14.1. The smallest absolute Gasteiger partial charge is 0.258 e. The number of amides is 1. The van der Waals surface area contributed by atoms with Crippen molar-refractivity contribution in [1.82, 2.24) is 5.32 Å². The molecule has 2 aromatic carbocycles. The van der Waals surface area contributed by atoms with Crippen LogP contribution in [0.5, 0.6) is 11.5 Å². The summed E-state index contributed by atoms with van der Waals surface area (Å²) in [6.07, 6.45) is 0.726. The Morgan fingerprint density at radius 3 is 2.64 bits per heavy atom. The van der Waals surface area contributed by atoms with Crippen LogP contribution in [0.2, 0.25) is 5.02 Å². The van der Waals surface area contributed by atoms with E-state index in [9.17, 15) is 9.59 Å². The molecule has 2 aromatic rings. The van der Waals surface area contributed by atoms with Crippen molar-refractivity contribution in [2.75, 3.05) is 13.2 Å². The van der Waals surface area contributed by atoms with E-state index in [1.165, 1.54) is 0 Å². The molecule has 1 N–H and O–H groups in total. The minimum absolute atomic E-state index is 0.171. The Balaban J connectivity index is 1.98. The van der Waals surface area contributed by atoms with Crippen molar-refractivity contribution in [2.45, 2.75) is 19.9 Å². The Hall–Kier alpha value is -2.53. The Labute approximate surface area is 151 Å². The first-order valence-electron chi connectivity index (χ1n) is 7.93. The highest BCUT2D eigenvalue weighted by Crippen LogP contribution is 2.28. The van der Waals surface area contributed by atoms with Gasteiger partial charge < -0.3 is 14.8 Å². The van der Waals surface area contributed by atoms with Crippen LogP contribution in [0.25, 0.3) is 0 Å². The molecule has 0 aliphatic carbocycles. The van der Waals surface area contributed by atoms with Gasteiger partial charge >= 0.3 is 0 Å². The number of ether oxygens (including phenoxy) is 2. The van der Waals surface area contributed by atoms with Crippen molar-refractivity contribution in [3.05, 3.63) is 58.6 Å². The molecule has 0 saturated carbocycles. The number of halogens is 1. The summed E-state index contributed by atoms with van der Waals surface area (Å²) in [5.74, 6) is 0.557. The van der Waals surface area contributed by atoms with Gasteiger partial charge in [-0.15, -0.1) is 0 Å². The van der Waals surface area contributed by atoms with E-state index in [0.717, 1.165) is 11.8 Å². The molecule has 0 bridgehead atoms. The van der Waals surface area contributed by atoms with Crippen LogP contribution in [0.4, 0.5) is 0 Å². The van der Waals surface area contributed by atoms with Crippen molar-refractivity contribution in [3.63, 3.8) is 0 Å². The quantitative estimate of drug-likeness (QED) is 0.726. The lowest BCUT2D eigenvalue weighted by Gasteiger charge is -2.17. The molecule has 0 saturated heterocycles. The number of hydrogen-bond donors (Lipinski definition) is 1. The fraction of sp³-hybridized carbons (Fsp3) is 0.263. The van der Waals surface area contributed by atoms with Gasteiger partial charge in [-0.05, 0) is 43.7 Å². The molecular weight excluding hydrogens is 342 g/mol. The van der Waals surface area contributed by atoms with Crippen LogP contribution in [0, 0.1) is 0 Å². The Kier molecular flexibility index (Phi) is 6.83. The van der Waals surface area contributed by atoms with Gasteiger partial charge in [0, 0.05) is 10.6 Å². The monoisotopic (exact) mass is 361 g/mol. The summed E-state index contributed by atoms with van der Waals surface area (Å²) in [4.78, 5) is 23.0. The van der Waals surface area contributed by atoms with Gasteiger partial charge in [0.15, 0.2) is 18.1 Å². The summed E-state index contributed by atoms with van der Waals surface area (Å²) in [5, 5.41) is 3.43. The SMILES string of the molecule is CCOc1cc(C=O)ccc1OCC(=O)N[C@H](C)c1ccccc1Cl. The largest absolute Gasteiger partial charge is 0.490 e. The van der Waals surface area contributed by atoms with E-state index in [0.29, 0.717) is 28.7 Å². The van der Waals surface area contributed by atoms with Gasteiger partial charge in [-0.25, -0.2) is 0 Å². The molecule has 0 aliphatic rings. The molecule has 1 amide bonds. The zero-order chi connectivity index (χ0) is 18.2. The molecule has 25 heavy (non-hydrogen) atoms. The lowest BCUT2D eigenvalue weighted by Crippen LogP contribution is -2.31. The van der Waals surface area contributed by atoms with Crippen molar-refractivity contribution < 1.29 is 19.1 Å². The number of carbonyl (C=O) groups excluding carboxylic acids is 2. The number of carbonyl (C=O) groups is 2. The first-order valence-corrected chi connectivity index (χ1v) is 8.31. The Bertz CT molecular complexity index is 748. The van der Waals surface area contributed by atoms with E-state index >= 15 is 0 Å². The van der Waals surface area contributed by atoms with E-state index in [4.69, 9.17) is 21.1 Å². The highest BCUT2D eigenvalue weighted by Gasteiger charge is 2.14. The summed E-state index contributed by atoms with van der Waals surface area (Å²) in [6.45, 7) is 3.93. The third-order valence-corrected chi connectivity index (χ3v) is 3.86. The van der Waals surface area contributed by atoms with Crippen LogP contribution in [0.1, 0.15) is 35.8 Å². The molecule has 1 atom stereocenters. The van der Waals surface area contributed by atoms with Gasteiger partial charge in [-0.1, -0.05) is 29.8 Å².